The van der Waals surface area contributed by atoms with Gasteiger partial charge in [-0.15, -0.1) is 0 Å². The van der Waals surface area contributed by atoms with E-state index >= 15 is 0 Å². The van der Waals surface area contributed by atoms with E-state index in [9.17, 15) is 18.0 Å². The van der Waals surface area contributed by atoms with Gasteiger partial charge in [0.25, 0.3) is 15.9 Å². The van der Waals surface area contributed by atoms with E-state index in [1.165, 1.54) is 44.8 Å². The molecule has 0 aliphatic heterocycles. The number of rotatable bonds is 7. The number of benzene rings is 1. The van der Waals surface area contributed by atoms with Crippen LogP contribution < -0.4 is 5.32 Å². The van der Waals surface area contributed by atoms with Crippen LogP contribution in [0, 0.1) is 5.92 Å². The van der Waals surface area contributed by atoms with Crippen LogP contribution >= 0.6 is 0 Å². The number of carbonyl (C=O) groups is 2. The Morgan fingerprint density at radius 1 is 1.19 bits per heavy atom. The van der Waals surface area contributed by atoms with Crippen molar-refractivity contribution in [1.82, 2.24) is 9.79 Å². The number of sulfonamides is 1. The summed E-state index contributed by atoms with van der Waals surface area (Å²) in [7, 11) is -1.28. The molecule has 1 aliphatic rings. The van der Waals surface area contributed by atoms with Crippen molar-refractivity contribution in [2.45, 2.75) is 43.5 Å². The second-order valence-corrected chi connectivity index (χ2v) is 8.57. The normalized spacial score (nSPS) is 20.3. The number of hydrogen-bond donors (Lipinski definition) is 1. The Labute approximate surface area is 159 Å². The lowest BCUT2D eigenvalue weighted by atomic mass is 9.86. The molecule has 0 unspecified atom stereocenters. The highest BCUT2D eigenvalue weighted by atomic mass is 32.2. The van der Waals surface area contributed by atoms with Crippen molar-refractivity contribution in [2.24, 2.45) is 5.92 Å². The molecule has 9 heteroatoms. The molecular weight excluding hydrogens is 372 g/mol. The minimum absolute atomic E-state index is 0.0209. The monoisotopic (exact) mass is 398 g/mol. The van der Waals surface area contributed by atoms with Crippen molar-refractivity contribution in [2.75, 3.05) is 20.8 Å². The number of ether oxygens (including phenoxy) is 1. The molecule has 0 spiro atoms. The molecule has 0 saturated heterocycles. The Kier molecular flexibility index (Phi) is 7.34. The van der Waals surface area contributed by atoms with Crippen LogP contribution in [0.25, 0.3) is 0 Å². The number of nitrogens with zero attached hydrogens (tertiary/aromatic N) is 1. The predicted octanol–water partition coefficient (Wildman–Crippen LogP) is 1.72. The van der Waals surface area contributed by atoms with Gasteiger partial charge in [-0.1, -0.05) is 24.2 Å². The minimum atomic E-state index is -3.78. The number of hydroxylamine groups is 1. The van der Waals surface area contributed by atoms with Crippen LogP contribution in [0.4, 0.5) is 0 Å². The van der Waals surface area contributed by atoms with Gasteiger partial charge in [0, 0.05) is 13.1 Å². The van der Waals surface area contributed by atoms with Crippen LogP contribution in [0.3, 0.4) is 0 Å². The summed E-state index contributed by atoms with van der Waals surface area (Å²) in [4.78, 5) is 28.7. The molecule has 1 aromatic rings. The predicted molar refractivity (Wildman–Crippen MR) is 98.2 cm³/mol. The second-order valence-electron chi connectivity index (χ2n) is 6.63. The van der Waals surface area contributed by atoms with Gasteiger partial charge in [0.15, 0.2) is 6.61 Å². The fourth-order valence-electron chi connectivity index (χ4n) is 3.00. The molecule has 1 N–H and O–H groups in total. The molecule has 1 saturated carbocycles. The Bertz CT molecular complexity index is 763. The largest absolute Gasteiger partial charge is 0.452 e. The van der Waals surface area contributed by atoms with Crippen molar-refractivity contribution in [3.8, 4) is 0 Å². The second kappa shape index (κ2) is 9.29. The number of carbonyl (C=O) groups excluding carboxylic acids is 2. The number of nitrogens with one attached hydrogen (secondary N) is 1. The van der Waals surface area contributed by atoms with E-state index < -0.39 is 16.0 Å². The molecule has 1 amide bonds. The molecule has 2 rings (SSSR count). The molecule has 8 nitrogen and oxygen atoms in total. The molecule has 1 aliphatic carbocycles. The van der Waals surface area contributed by atoms with Gasteiger partial charge in [0.2, 0.25) is 0 Å². The van der Waals surface area contributed by atoms with Gasteiger partial charge in [-0.25, -0.2) is 13.2 Å². The lowest BCUT2D eigenvalue weighted by molar-refractivity contribution is -0.125. The molecule has 150 valence electrons. The third kappa shape index (κ3) is 5.50. The van der Waals surface area contributed by atoms with Gasteiger partial charge in [-0.3, -0.25) is 9.63 Å². The fraction of sp³-hybridized carbons (Fsp3) is 0.556. The Balaban J connectivity index is 1.89. The molecule has 2 atom stereocenters. The topological polar surface area (TPSA) is 102 Å². The fourth-order valence-corrected chi connectivity index (χ4v) is 3.98. The first-order valence-corrected chi connectivity index (χ1v) is 10.3. The molecule has 0 bridgehead atoms. The SMILES string of the molecule is CON(C)S(=O)(=O)c1ccc(C(=O)OCC(=O)N[C@@H]2CCCC[C@H]2C)cc1. The van der Waals surface area contributed by atoms with E-state index in [4.69, 9.17) is 9.57 Å². The van der Waals surface area contributed by atoms with Gasteiger partial charge in [0.05, 0.1) is 17.6 Å². The third-order valence-electron chi connectivity index (χ3n) is 4.78. The van der Waals surface area contributed by atoms with E-state index in [2.05, 4.69) is 12.2 Å². The van der Waals surface area contributed by atoms with Gasteiger partial charge in [0.1, 0.15) is 0 Å². The van der Waals surface area contributed by atoms with Crippen molar-refractivity contribution < 1.29 is 27.6 Å². The van der Waals surface area contributed by atoms with E-state index in [1.54, 1.807) is 0 Å². The standard InChI is InChI=1S/C18H26N2O6S/c1-13-6-4-5-7-16(13)19-17(21)12-26-18(22)14-8-10-15(11-9-14)27(23,24)20(2)25-3/h8-11,13,16H,4-7,12H2,1-3H3,(H,19,21)/t13-,16-/m1/s1. The van der Waals surface area contributed by atoms with Crippen LogP contribution in [0.15, 0.2) is 29.2 Å². The smallest absolute Gasteiger partial charge is 0.338 e. The maximum absolute atomic E-state index is 12.1. The quantitative estimate of drug-likeness (QED) is 0.554. The zero-order chi connectivity index (χ0) is 20.0. The third-order valence-corrected chi connectivity index (χ3v) is 6.47. The summed E-state index contributed by atoms with van der Waals surface area (Å²) in [5.74, 6) is -0.605. The van der Waals surface area contributed by atoms with E-state index in [-0.39, 0.29) is 29.0 Å². The Morgan fingerprint density at radius 2 is 1.81 bits per heavy atom. The molecule has 1 fully saturated rings. The molecule has 27 heavy (non-hydrogen) atoms. The maximum atomic E-state index is 12.1. The summed E-state index contributed by atoms with van der Waals surface area (Å²) >= 11 is 0. The lowest BCUT2D eigenvalue weighted by Gasteiger charge is -2.29. The highest BCUT2D eigenvalue weighted by Gasteiger charge is 2.24. The summed E-state index contributed by atoms with van der Waals surface area (Å²) in [6.45, 7) is 1.74. The number of amides is 1. The summed E-state index contributed by atoms with van der Waals surface area (Å²) in [6.07, 6.45) is 4.28. The summed E-state index contributed by atoms with van der Waals surface area (Å²) in [5.41, 5.74) is 0.160. The summed E-state index contributed by atoms with van der Waals surface area (Å²) < 4.78 is 30.0. The van der Waals surface area contributed by atoms with Crippen LogP contribution in [0.5, 0.6) is 0 Å². The first-order chi connectivity index (χ1) is 12.8. The number of esters is 1. The number of hydrogen-bond acceptors (Lipinski definition) is 6. The first-order valence-electron chi connectivity index (χ1n) is 8.85. The van der Waals surface area contributed by atoms with E-state index in [0.29, 0.717) is 5.92 Å². The summed E-state index contributed by atoms with van der Waals surface area (Å²) in [5, 5.41) is 2.91. The van der Waals surface area contributed by atoms with Gasteiger partial charge in [-0.05, 0) is 43.0 Å². The highest BCUT2D eigenvalue weighted by Crippen LogP contribution is 2.23. The van der Waals surface area contributed by atoms with Gasteiger partial charge < -0.3 is 10.1 Å². The minimum Gasteiger partial charge on any atom is -0.452 e. The molecule has 1 aromatic carbocycles. The van der Waals surface area contributed by atoms with Crippen molar-refractivity contribution in [1.29, 1.82) is 0 Å². The summed E-state index contributed by atoms with van der Waals surface area (Å²) in [6, 6.07) is 5.35. The van der Waals surface area contributed by atoms with Crippen molar-refractivity contribution >= 4 is 21.9 Å². The molecular formula is C18H26N2O6S. The molecule has 0 radical (unpaired) electrons. The van der Waals surface area contributed by atoms with Crippen LogP contribution in [-0.2, 0) is 24.4 Å². The Hall–Kier alpha value is -1.97. The zero-order valence-corrected chi connectivity index (χ0v) is 16.6. The van der Waals surface area contributed by atoms with Crippen molar-refractivity contribution in [3.05, 3.63) is 29.8 Å². The highest BCUT2D eigenvalue weighted by molar-refractivity contribution is 7.89. The van der Waals surface area contributed by atoms with Crippen LogP contribution in [0.1, 0.15) is 43.0 Å². The van der Waals surface area contributed by atoms with Gasteiger partial charge in [-0.2, -0.15) is 0 Å². The Morgan fingerprint density at radius 3 is 2.41 bits per heavy atom. The van der Waals surface area contributed by atoms with E-state index in [1.807, 2.05) is 0 Å². The molecule has 0 heterocycles. The average molecular weight is 398 g/mol. The van der Waals surface area contributed by atoms with Crippen molar-refractivity contribution in [3.63, 3.8) is 0 Å². The first kappa shape index (κ1) is 21.3. The maximum Gasteiger partial charge on any atom is 0.338 e. The van der Waals surface area contributed by atoms with Crippen LogP contribution in [-0.4, -0.2) is 51.6 Å². The lowest BCUT2D eigenvalue weighted by Crippen LogP contribution is -2.42. The zero-order valence-electron chi connectivity index (χ0n) is 15.8. The average Bonchev–Trinajstić information content (AvgIpc) is 2.67. The van der Waals surface area contributed by atoms with Gasteiger partial charge >= 0.3 is 5.97 Å². The van der Waals surface area contributed by atoms with Crippen LogP contribution in [0.2, 0.25) is 0 Å². The van der Waals surface area contributed by atoms with E-state index in [0.717, 1.165) is 23.7 Å². The molecule has 0 aromatic heterocycles.